The first-order valence-electron chi connectivity index (χ1n) is 9.02. The van der Waals surface area contributed by atoms with Crippen molar-refractivity contribution in [1.29, 1.82) is 0 Å². The third-order valence-electron chi connectivity index (χ3n) is 4.22. The number of hydrogen-bond acceptors (Lipinski definition) is 7. The van der Waals surface area contributed by atoms with E-state index in [1.165, 1.54) is 28.1 Å². The predicted octanol–water partition coefficient (Wildman–Crippen LogP) is 2.84. The molecule has 0 aliphatic heterocycles. The molecule has 0 unspecified atom stereocenters. The van der Waals surface area contributed by atoms with Crippen LogP contribution in [-0.4, -0.2) is 43.8 Å². The van der Waals surface area contributed by atoms with Crippen molar-refractivity contribution < 1.29 is 38.4 Å². The number of unbranched alkanes of at least 4 members (excludes halogenated alkanes) is 2. The summed E-state index contributed by atoms with van der Waals surface area (Å²) < 4.78 is 21.1. The molecule has 1 rings (SSSR count). The summed E-state index contributed by atoms with van der Waals surface area (Å²) in [6.45, 7) is 4.78. The van der Waals surface area contributed by atoms with Crippen LogP contribution in [0.4, 0.5) is 0 Å². The lowest BCUT2D eigenvalue weighted by molar-refractivity contribution is -0.141. The largest absolute Gasteiger partial charge is 0.492 e. The van der Waals surface area contributed by atoms with Gasteiger partial charge in [-0.05, 0) is 38.2 Å². The Bertz CT molecular complexity index is 724. The molecule has 0 bridgehead atoms. The van der Waals surface area contributed by atoms with Gasteiger partial charge in [0.1, 0.15) is 0 Å². The van der Waals surface area contributed by atoms with Gasteiger partial charge in [0.2, 0.25) is 5.75 Å². The van der Waals surface area contributed by atoms with Crippen molar-refractivity contribution in [2.75, 3.05) is 20.8 Å². The molecule has 0 atom stereocenters. The first-order chi connectivity index (χ1) is 13.2. The highest BCUT2D eigenvalue weighted by Gasteiger charge is 2.26. The smallest absolute Gasteiger partial charge is 0.308 e. The molecule has 156 valence electrons. The fourth-order valence-corrected chi connectivity index (χ4v) is 3.01. The van der Waals surface area contributed by atoms with Crippen molar-refractivity contribution in [2.45, 2.75) is 52.9 Å². The molecule has 0 aliphatic rings. The summed E-state index contributed by atoms with van der Waals surface area (Å²) >= 11 is 0. The number of carboxylic acid groups (broad SMARTS) is 1. The molecular weight excluding hydrogens is 368 g/mol. The lowest BCUT2D eigenvalue weighted by Gasteiger charge is -2.22. The van der Waals surface area contributed by atoms with Crippen LogP contribution >= 0.6 is 0 Å². The lowest BCUT2D eigenvalue weighted by Crippen LogP contribution is -2.12. The summed E-state index contributed by atoms with van der Waals surface area (Å²) in [7, 11) is 2.82. The van der Waals surface area contributed by atoms with Crippen LogP contribution in [-0.2, 0) is 32.0 Å². The second kappa shape index (κ2) is 11.2. The standard InChI is InChI=1S/C20H28O8/c1-12-15(9-7-6-8-10-27-13(2)21)19(28-14(3)22)20(26-5)18(25-4)16(12)11-17(23)24/h6-11H2,1-5H3,(H,23,24). The number of aliphatic carboxylic acids is 1. The molecule has 1 aromatic carbocycles. The van der Waals surface area contributed by atoms with Gasteiger partial charge in [0.25, 0.3) is 0 Å². The van der Waals surface area contributed by atoms with E-state index in [1.807, 2.05) is 0 Å². The van der Waals surface area contributed by atoms with Gasteiger partial charge in [-0.2, -0.15) is 0 Å². The molecule has 1 aromatic rings. The van der Waals surface area contributed by atoms with E-state index in [0.717, 1.165) is 12.8 Å². The van der Waals surface area contributed by atoms with Gasteiger partial charge < -0.3 is 24.1 Å². The molecule has 1 N–H and O–H groups in total. The van der Waals surface area contributed by atoms with Gasteiger partial charge in [-0.25, -0.2) is 0 Å². The minimum atomic E-state index is -1.00. The van der Waals surface area contributed by atoms with E-state index in [2.05, 4.69) is 0 Å². The summed E-state index contributed by atoms with van der Waals surface area (Å²) in [5.74, 6) is -1.13. The van der Waals surface area contributed by atoms with E-state index < -0.39 is 11.9 Å². The fourth-order valence-electron chi connectivity index (χ4n) is 3.01. The lowest BCUT2D eigenvalue weighted by atomic mass is 9.93. The zero-order valence-electron chi connectivity index (χ0n) is 17.0. The molecular formula is C20H28O8. The van der Waals surface area contributed by atoms with E-state index in [4.69, 9.17) is 18.9 Å². The van der Waals surface area contributed by atoms with Gasteiger partial charge in [0.15, 0.2) is 11.5 Å². The zero-order chi connectivity index (χ0) is 21.3. The molecule has 0 radical (unpaired) electrons. The molecule has 0 heterocycles. The summed E-state index contributed by atoms with van der Waals surface area (Å²) in [5.41, 5.74) is 1.88. The van der Waals surface area contributed by atoms with Crippen LogP contribution in [0.3, 0.4) is 0 Å². The van der Waals surface area contributed by atoms with Crippen LogP contribution in [0.2, 0.25) is 0 Å². The van der Waals surface area contributed by atoms with E-state index in [9.17, 15) is 19.5 Å². The Labute approximate surface area is 164 Å². The zero-order valence-corrected chi connectivity index (χ0v) is 17.0. The third kappa shape index (κ3) is 6.44. The third-order valence-corrected chi connectivity index (χ3v) is 4.22. The Kier molecular flexibility index (Phi) is 9.27. The maximum atomic E-state index is 11.6. The molecule has 8 nitrogen and oxygen atoms in total. The maximum Gasteiger partial charge on any atom is 0.308 e. The minimum absolute atomic E-state index is 0.203. The van der Waals surface area contributed by atoms with Crippen LogP contribution in [0.25, 0.3) is 0 Å². The maximum absolute atomic E-state index is 11.6. The van der Waals surface area contributed by atoms with Gasteiger partial charge in [-0.1, -0.05) is 0 Å². The summed E-state index contributed by atoms with van der Waals surface area (Å²) in [6, 6.07) is 0. The van der Waals surface area contributed by atoms with Crippen LogP contribution in [0.15, 0.2) is 0 Å². The molecule has 0 aromatic heterocycles. The molecule has 28 heavy (non-hydrogen) atoms. The summed E-state index contributed by atoms with van der Waals surface area (Å²) in [6.07, 6.45) is 2.52. The van der Waals surface area contributed by atoms with Crippen LogP contribution in [0, 0.1) is 6.92 Å². The van der Waals surface area contributed by atoms with E-state index in [0.29, 0.717) is 36.1 Å². The van der Waals surface area contributed by atoms with Gasteiger partial charge >= 0.3 is 17.9 Å². The summed E-state index contributed by atoms with van der Waals surface area (Å²) in [5, 5.41) is 9.28. The number of carbonyl (C=O) groups excluding carboxylic acids is 2. The van der Waals surface area contributed by atoms with Crippen molar-refractivity contribution >= 4 is 17.9 Å². The second-order valence-corrected chi connectivity index (χ2v) is 6.29. The SMILES string of the molecule is COc1c(CC(=O)O)c(C)c(CCCCCOC(C)=O)c(OC(C)=O)c1OC. The number of rotatable bonds is 11. The molecule has 0 fully saturated rings. The first-order valence-corrected chi connectivity index (χ1v) is 9.02. The van der Waals surface area contributed by atoms with Crippen molar-refractivity contribution in [3.63, 3.8) is 0 Å². The monoisotopic (exact) mass is 396 g/mol. The van der Waals surface area contributed by atoms with Crippen LogP contribution < -0.4 is 14.2 Å². The summed E-state index contributed by atoms with van der Waals surface area (Å²) in [4.78, 5) is 33.8. The number of ether oxygens (including phenoxy) is 4. The molecule has 0 spiro atoms. The quantitative estimate of drug-likeness (QED) is 0.346. The highest BCUT2D eigenvalue weighted by molar-refractivity contribution is 5.77. The molecule has 0 saturated carbocycles. The van der Waals surface area contributed by atoms with E-state index in [1.54, 1.807) is 6.92 Å². The highest BCUT2D eigenvalue weighted by atomic mass is 16.6. The number of benzene rings is 1. The molecule has 8 heteroatoms. The number of carbonyl (C=O) groups is 3. The Hall–Kier alpha value is -2.77. The van der Waals surface area contributed by atoms with Crippen molar-refractivity contribution in [3.05, 3.63) is 16.7 Å². The predicted molar refractivity (Wildman–Crippen MR) is 101 cm³/mol. The van der Waals surface area contributed by atoms with Gasteiger partial charge in [0.05, 0.1) is 27.2 Å². The Morgan fingerprint density at radius 3 is 2.00 bits per heavy atom. The van der Waals surface area contributed by atoms with Gasteiger partial charge in [-0.3, -0.25) is 14.4 Å². The topological polar surface area (TPSA) is 108 Å². The average molecular weight is 396 g/mol. The number of esters is 2. The van der Waals surface area contributed by atoms with Crippen molar-refractivity contribution in [1.82, 2.24) is 0 Å². The van der Waals surface area contributed by atoms with Crippen molar-refractivity contribution in [3.8, 4) is 17.2 Å². The van der Waals surface area contributed by atoms with Crippen LogP contribution in [0.5, 0.6) is 17.2 Å². The van der Waals surface area contributed by atoms with Gasteiger partial charge in [0, 0.05) is 25.0 Å². The Morgan fingerprint density at radius 1 is 0.857 bits per heavy atom. The van der Waals surface area contributed by atoms with Crippen molar-refractivity contribution in [2.24, 2.45) is 0 Å². The second-order valence-electron chi connectivity index (χ2n) is 6.29. The number of hydrogen-bond donors (Lipinski definition) is 1. The minimum Gasteiger partial charge on any atom is -0.492 e. The van der Waals surface area contributed by atoms with Gasteiger partial charge in [-0.15, -0.1) is 0 Å². The number of carboxylic acids is 1. The molecule has 0 aliphatic carbocycles. The van der Waals surface area contributed by atoms with E-state index in [-0.39, 0.29) is 29.6 Å². The van der Waals surface area contributed by atoms with E-state index >= 15 is 0 Å². The molecule has 0 saturated heterocycles. The Balaban J connectivity index is 3.23. The average Bonchev–Trinajstić information content (AvgIpc) is 2.60. The fraction of sp³-hybridized carbons (Fsp3) is 0.550. The van der Waals surface area contributed by atoms with Crippen LogP contribution in [0.1, 0.15) is 49.8 Å². The highest BCUT2D eigenvalue weighted by Crippen LogP contribution is 2.46. The molecule has 0 amide bonds. The number of methoxy groups -OCH3 is 2. The Morgan fingerprint density at radius 2 is 1.50 bits per heavy atom. The normalized spacial score (nSPS) is 10.3. The first kappa shape index (κ1) is 23.3.